The van der Waals surface area contributed by atoms with E-state index in [1.54, 1.807) is 0 Å². The normalized spacial score (nSPS) is 42.8. The Balaban J connectivity index is 1.64. The van der Waals surface area contributed by atoms with Gasteiger partial charge in [0.05, 0.1) is 18.3 Å². The largest absolute Gasteiger partial charge is 0.478 e. The van der Waals surface area contributed by atoms with Crippen LogP contribution in [0.4, 0.5) is 0 Å². The Morgan fingerprint density at radius 1 is 1.05 bits per heavy atom. The van der Waals surface area contributed by atoms with Crippen molar-refractivity contribution in [3.05, 3.63) is 22.8 Å². The molecule has 9 atom stereocenters. The van der Waals surface area contributed by atoms with Crippen LogP contribution in [0.15, 0.2) is 22.8 Å². The third-order valence-electron chi connectivity index (χ3n) is 12.6. The van der Waals surface area contributed by atoms with Gasteiger partial charge in [-0.2, -0.15) is 0 Å². The number of carboxylic acid groups (broad SMARTS) is 1. The number of aliphatic carboxylic acids is 1. The topological polar surface area (TPSA) is 132 Å². The van der Waals surface area contributed by atoms with E-state index in [0.29, 0.717) is 38.5 Å². The van der Waals surface area contributed by atoms with E-state index < -0.39 is 45.9 Å². The van der Waals surface area contributed by atoms with Crippen LogP contribution in [0.5, 0.6) is 0 Å². The number of hydrogen-bond donors (Lipinski definition) is 4. The molecule has 0 aromatic rings. The van der Waals surface area contributed by atoms with Crippen LogP contribution in [0.25, 0.3) is 0 Å². The average molecular weight is 557 g/mol. The molecule has 7 heteroatoms. The molecule has 5 aliphatic carbocycles. The van der Waals surface area contributed by atoms with Gasteiger partial charge in [-0.1, -0.05) is 47.0 Å². The van der Waals surface area contributed by atoms with Gasteiger partial charge in [0.1, 0.15) is 5.78 Å². The van der Waals surface area contributed by atoms with E-state index >= 15 is 0 Å². The van der Waals surface area contributed by atoms with Crippen molar-refractivity contribution in [1.29, 1.82) is 0 Å². The molecule has 0 radical (unpaired) electrons. The second-order valence-corrected chi connectivity index (χ2v) is 14.7. The van der Waals surface area contributed by atoms with Gasteiger partial charge in [-0.15, -0.1) is 0 Å². The first-order valence-electron chi connectivity index (χ1n) is 15.4. The van der Waals surface area contributed by atoms with Gasteiger partial charge >= 0.3 is 5.97 Å². The number of fused-ring (bicyclic) bond motifs is 2. The summed E-state index contributed by atoms with van der Waals surface area (Å²) in [6.45, 7) is 9.57. The smallest absolute Gasteiger partial charge is 0.331 e. The molecule has 0 aliphatic heterocycles. The Bertz CT molecular complexity index is 1170. The summed E-state index contributed by atoms with van der Waals surface area (Å²) < 4.78 is 0. The highest BCUT2D eigenvalue weighted by Crippen LogP contribution is 2.74. The van der Waals surface area contributed by atoms with Crippen molar-refractivity contribution in [3.8, 4) is 0 Å². The summed E-state index contributed by atoms with van der Waals surface area (Å²) in [5.74, 6) is -1.02. The third kappa shape index (κ3) is 3.97. The fourth-order valence-corrected chi connectivity index (χ4v) is 10.7. The predicted octanol–water partition coefficient (Wildman–Crippen LogP) is 4.77. The fraction of sp³-hybridized carbons (Fsp3) is 0.788. The number of carboxylic acids is 1. The van der Waals surface area contributed by atoms with E-state index in [0.717, 1.165) is 43.3 Å². The van der Waals surface area contributed by atoms with Crippen LogP contribution in [0.2, 0.25) is 0 Å². The zero-order chi connectivity index (χ0) is 29.4. The minimum Gasteiger partial charge on any atom is -0.478 e. The number of Topliss-reactive ketones (excluding diaryl/α,β-unsaturated/α-hetero) is 2. The van der Waals surface area contributed by atoms with Crippen molar-refractivity contribution in [3.63, 3.8) is 0 Å². The molecule has 3 fully saturated rings. The Morgan fingerprint density at radius 2 is 1.73 bits per heavy atom. The summed E-state index contributed by atoms with van der Waals surface area (Å²) in [5, 5.41) is 43.9. The van der Waals surface area contributed by atoms with Gasteiger partial charge in [-0.25, -0.2) is 4.79 Å². The van der Waals surface area contributed by atoms with E-state index in [2.05, 4.69) is 6.92 Å². The van der Waals surface area contributed by atoms with Gasteiger partial charge < -0.3 is 20.4 Å². The number of aliphatic hydroxyl groups is 3. The number of ketones is 2. The zero-order valence-electron chi connectivity index (χ0n) is 24.8. The van der Waals surface area contributed by atoms with Crippen molar-refractivity contribution < 1.29 is 34.8 Å². The van der Waals surface area contributed by atoms with Gasteiger partial charge in [0.25, 0.3) is 0 Å². The summed E-state index contributed by atoms with van der Waals surface area (Å²) in [4.78, 5) is 39.0. The van der Waals surface area contributed by atoms with Crippen molar-refractivity contribution >= 4 is 17.5 Å². The van der Waals surface area contributed by atoms with Crippen LogP contribution in [-0.2, 0) is 14.4 Å². The van der Waals surface area contributed by atoms with E-state index in [4.69, 9.17) is 0 Å². The zero-order valence-corrected chi connectivity index (χ0v) is 24.8. The number of allylic oxidation sites excluding steroid dienone is 1. The van der Waals surface area contributed by atoms with Crippen LogP contribution in [0.3, 0.4) is 0 Å². The van der Waals surface area contributed by atoms with Crippen molar-refractivity contribution in [2.75, 3.05) is 0 Å². The molecule has 4 N–H and O–H groups in total. The van der Waals surface area contributed by atoms with Gasteiger partial charge in [0, 0.05) is 40.2 Å². The molecule has 0 saturated heterocycles. The molecule has 5 aliphatic rings. The Hall–Kier alpha value is -1.83. The monoisotopic (exact) mass is 556 g/mol. The van der Waals surface area contributed by atoms with Crippen LogP contribution < -0.4 is 0 Å². The van der Waals surface area contributed by atoms with E-state index in [1.807, 2.05) is 20.8 Å². The molecule has 5 rings (SSSR count). The standard InChI is InChI=1S/C33H48O7/c1-18(13-20(34)14-19(2)29(39)40)21-15-26(38)31(5)27-22(35)16-24-30(3,4)25(37)9-12-32(24)10-7-6-8-11-33(21,31)17-23(36)28(27)32/h14,18,20-22,24,26,34-35,38H,6-13,15-17H2,1-5H3,(H,39,40). The lowest BCUT2D eigenvalue weighted by atomic mass is 9.40. The van der Waals surface area contributed by atoms with E-state index in [9.17, 15) is 34.8 Å². The van der Waals surface area contributed by atoms with Crippen LogP contribution in [0, 0.1) is 39.4 Å². The molecule has 2 bridgehead atoms. The maximum Gasteiger partial charge on any atom is 0.331 e. The first-order valence-corrected chi connectivity index (χ1v) is 15.4. The Labute approximate surface area is 238 Å². The molecule has 0 amide bonds. The second-order valence-electron chi connectivity index (χ2n) is 14.7. The molecular weight excluding hydrogens is 508 g/mol. The molecule has 0 aromatic carbocycles. The highest BCUT2D eigenvalue weighted by Gasteiger charge is 2.71. The predicted molar refractivity (Wildman–Crippen MR) is 150 cm³/mol. The summed E-state index contributed by atoms with van der Waals surface area (Å²) in [5.41, 5.74) is -0.836. The number of carbonyl (C=O) groups excluding carboxylic acids is 2. The molecule has 0 heterocycles. The quantitative estimate of drug-likeness (QED) is 0.359. The van der Waals surface area contributed by atoms with Gasteiger partial charge in [-0.3, -0.25) is 9.59 Å². The van der Waals surface area contributed by atoms with Gasteiger partial charge in [0.15, 0.2) is 5.78 Å². The number of hydrogen-bond acceptors (Lipinski definition) is 6. The number of aliphatic hydroxyl groups excluding tert-OH is 3. The molecule has 222 valence electrons. The van der Waals surface area contributed by atoms with Gasteiger partial charge in [-0.05, 0) is 80.3 Å². The summed E-state index contributed by atoms with van der Waals surface area (Å²) in [6, 6.07) is 0. The molecule has 7 nitrogen and oxygen atoms in total. The highest BCUT2D eigenvalue weighted by atomic mass is 16.4. The summed E-state index contributed by atoms with van der Waals surface area (Å²) in [6.07, 6.45) is 5.95. The minimum absolute atomic E-state index is 0.0663. The summed E-state index contributed by atoms with van der Waals surface area (Å²) in [7, 11) is 0. The molecule has 0 aromatic heterocycles. The SMILES string of the molecule is CC(=CC(O)CC(C)C1CC(O)C2(C)C3=C4C(=O)CC12CCCCCC41CCC(=O)C(C)(C)C1CC3O)C(=O)O. The van der Waals surface area contributed by atoms with Crippen molar-refractivity contribution in [1.82, 2.24) is 0 Å². The minimum atomic E-state index is -1.06. The van der Waals surface area contributed by atoms with Gasteiger partial charge in [0.2, 0.25) is 0 Å². The lowest BCUT2D eigenvalue weighted by Gasteiger charge is -2.63. The lowest BCUT2D eigenvalue weighted by molar-refractivity contribution is -0.150. The average Bonchev–Trinajstić information content (AvgIpc) is 3.09. The molecule has 3 saturated carbocycles. The fourth-order valence-electron chi connectivity index (χ4n) is 10.7. The maximum absolute atomic E-state index is 14.5. The van der Waals surface area contributed by atoms with Crippen molar-refractivity contribution in [2.45, 2.75) is 124 Å². The molecule has 2 spiro atoms. The summed E-state index contributed by atoms with van der Waals surface area (Å²) >= 11 is 0. The Morgan fingerprint density at radius 3 is 2.40 bits per heavy atom. The van der Waals surface area contributed by atoms with E-state index in [1.165, 1.54) is 13.0 Å². The highest BCUT2D eigenvalue weighted by molar-refractivity contribution is 6.01. The molecular formula is C33H48O7. The lowest BCUT2D eigenvalue weighted by Crippen LogP contribution is -2.62. The van der Waals surface area contributed by atoms with E-state index in [-0.39, 0.29) is 34.9 Å². The van der Waals surface area contributed by atoms with Crippen LogP contribution in [-0.4, -0.2) is 56.3 Å². The number of rotatable bonds is 5. The van der Waals surface area contributed by atoms with Crippen molar-refractivity contribution in [2.24, 2.45) is 39.4 Å². The maximum atomic E-state index is 14.5. The molecule has 40 heavy (non-hydrogen) atoms. The molecule has 9 unspecified atom stereocenters. The third-order valence-corrected chi connectivity index (χ3v) is 12.6. The first-order chi connectivity index (χ1) is 18.6. The number of carbonyl (C=O) groups is 3. The van der Waals surface area contributed by atoms with Crippen LogP contribution >= 0.6 is 0 Å². The second kappa shape index (κ2) is 9.88. The van der Waals surface area contributed by atoms with Crippen LogP contribution in [0.1, 0.15) is 105 Å². The Kier molecular flexibility index (Phi) is 7.32. The first kappa shape index (κ1) is 29.7.